The van der Waals surface area contributed by atoms with E-state index < -0.39 is 26.5 Å². The number of carbonyl (C=O) groups is 2. The van der Waals surface area contributed by atoms with Gasteiger partial charge in [0.2, 0.25) is 5.91 Å². The minimum atomic E-state index is -4.42. The molecule has 50 heavy (non-hydrogen) atoms. The molecule has 0 aromatic carbocycles. The molecular formula is C40H72NO8P. The minimum absolute atomic E-state index is 0.0696. The smallest absolute Gasteiger partial charge is 0.463 e. The van der Waals surface area contributed by atoms with Gasteiger partial charge in [-0.1, -0.05) is 127 Å². The second-order valence-electron chi connectivity index (χ2n) is 12.9. The lowest BCUT2D eigenvalue weighted by atomic mass is 10.1. The van der Waals surface area contributed by atoms with Gasteiger partial charge in [-0.25, -0.2) is 4.57 Å². The van der Waals surface area contributed by atoms with Crippen LogP contribution < -0.4 is 5.32 Å². The third kappa shape index (κ3) is 37.2. The van der Waals surface area contributed by atoms with Gasteiger partial charge in [-0.05, 0) is 70.6 Å². The highest BCUT2D eigenvalue weighted by Crippen LogP contribution is 2.42. The highest BCUT2D eigenvalue weighted by molar-refractivity contribution is 7.47. The van der Waals surface area contributed by atoms with Crippen molar-refractivity contribution >= 4 is 19.7 Å². The lowest BCUT2D eigenvalue weighted by molar-refractivity contribution is -0.147. The van der Waals surface area contributed by atoms with E-state index in [-0.39, 0.29) is 32.1 Å². The maximum absolute atomic E-state index is 12.1. The Bertz CT molecular complexity index is 965. The van der Waals surface area contributed by atoms with Gasteiger partial charge in [0.25, 0.3) is 0 Å². The van der Waals surface area contributed by atoms with E-state index >= 15 is 0 Å². The lowest BCUT2D eigenvalue weighted by Gasteiger charge is -2.15. The molecule has 0 aromatic heterocycles. The molecule has 9 nitrogen and oxygen atoms in total. The molecule has 0 aromatic rings. The molecular weight excluding hydrogens is 653 g/mol. The first kappa shape index (κ1) is 48.0. The van der Waals surface area contributed by atoms with Crippen molar-refractivity contribution in [1.82, 2.24) is 5.32 Å². The summed E-state index contributed by atoms with van der Waals surface area (Å²) >= 11 is 0. The summed E-state index contributed by atoms with van der Waals surface area (Å²) in [5.74, 6) is -0.546. The Morgan fingerprint density at radius 2 is 1.14 bits per heavy atom. The fraction of sp³-hybridized carbons (Fsp3) is 0.750. The average molecular weight is 726 g/mol. The number of ether oxygens (including phenoxy) is 1. The Labute approximate surface area is 305 Å². The van der Waals surface area contributed by atoms with E-state index in [9.17, 15) is 24.2 Å². The van der Waals surface area contributed by atoms with Crippen LogP contribution in [0.25, 0.3) is 0 Å². The van der Waals surface area contributed by atoms with Crippen LogP contribution in [0, 0.1) is 0 Å². The van der Waals surface area contributed by atoms with Crippen LogP contribution in [0.4, 0.5) is 0 Å². The summed E-state index contributed by atoms with van der Waals surface area (Å²) in [6.45, 7) is 3.38. The fourth-order valence-corrected chi connectivity index (χ4v) is 5.79. The molecule has 0 radical (unpaired) electrons. The lowest BCUT2D eigenvalue weighted by Crippen LogP contribution is -2.27. The zero-order valence-electron chi connectivity index (χ0n) is 31.6. The Hall–Kier alpha value is -2.03. The number of rotatable bonds is 36. The molecule has 0 fully saturated rings. The average Bonchev–Trinajstić information content (AvgIpc) is 3.10. The maximum atomic E-state index is 12.1. The van der Waals surface area contributed by atoms with Crippen molar-refractivity contribution in [3.05, 3.63) is 48.6 Å². The molecule has 290 valence electrons. The number of phosphoric acid groups is 1. The number of hydrogen-bond donors (Lipinski definition) is 3. The number of hydrogen-bond acceptors (Lipinski definition) is 7. The van der Waals surface area contributed by atoms with Crippen molar-refractivity contribution in [2.75, 3.05) is 26.4 Å². The van der Waals surface area contributed by atoms with Gasteiger partial charge >= 0.3 is 13.8 Å². The molecule has 0 aliphatic heterocycles. The molecule has 0 saturated heterocycles. The Morgan fingerprint density at radius 3 is 1.74 bits per heavy atom. The SMILES string of the molecule is CC/C=C\C/C=C\C/C=C\CCCCCCCC(=O)NCCOP(=O)(O)OCC(O)COC(=O)CCCCCCC/C=C\CCCCCCC. The molecule has 2 atom stereocenters. The van der Waals surface area contributed by atoms with Crippen LogP contribution in [0.2, 0.25) is 0 Å². The van der Waals surface area contributed by atoms with Crippen LogP contribution >= 0.6 is 7.82 Å². The molecule has 2 unspecified atom stereocenters. The minimum Gasteiger partial charge on any atom is -0.463 e. The number of aliphatic hydroxyl groups excluding tert-OH is 1. The summed E-state index contributed by atoms with van der Waals surface area (Å²) in [7, 11) is -4.42. The van der Waals surface area contributed by atoms with Crippen molar-refractivity contribution in [3.63, 3.8) is 0 Å². The quantitative estimate of drug-likeness (QED) is 0.0252. The number of unbranched alkanes of at least 4 members (excludes halogenated alkanes) is 15. The van der Waals surface area contributed by atoms with E-state index in [1.165, 1.54) is 38.5 Å². The van der Waals surface area contributed by atoms with E-state index in [0.717, 1.165) is 96.3 Å². The van der Waals surface area contributed by atoms with Crippen LogP contribution in [0.5, 0.6) is 0 Å². The monoisotopic (exact) mass is 725 g/mol. The van der Waals surface area contributed by atoms with Gasteiger partial charge in [0, 0.05) is 19.4 Å². The number of allylic oxidation sites excluding steroid dienone is 8. The molecule has 3 N–H and O–H groups in total. The van der Waals surface area contributed by atoms with Crippen molar-refractivity contribution in [2.45, 2.75) is 168 Å². The molecule has 10 heteroatoms. The van der Waals surface area contributed by atoms with Gasteiger partial charge in [0.05, 0.1) is 13.2 Å². The van der Waals surface area contributed by atoms with E-state index in [4.69, 9.17) is 13.8 Å². The summed E-state index contributed by atoms with van der Waals surface area (Å²) in [6.07, 6.45) is 40.4. The molecule has 0 bridgehead atoms. The Balaban J connectivity index is 3.66. The van der Waals surface area contributed by atoms with Gasteiger partial charge in [-0.2, -0.15) is 0 Å². The molecule has 1 amide bonds. The fourth-order valence-electron chi connectivity index (χ4n) is 5.03. The standard InChI is InChI=1S/C40H72NO8P/c1-3-5-7-9-11-13-15-17-19-20-22-24-26-28-30-32-39(43)41-34-35-48-50(45,46)49-37-38(42)36-47-40(44)33-31-29-27-25-23-21-18-16-14-12-10-8-6-4-2/h5,7,11,13,16-19,38,42H,3-4,6,8-10,12,14-15,20-37H2,1-2H3,(H,41,43)(H,45,46)/b7-5-,13-11-,18-16-,19-17-. The van der Waals surface area contributed by atoms with Gasteiger partial charge in [-0.3, -0.25) is 18.6 Å². The zero-order valence-corrected chi connectivity index (χ0v) is 32.5. The topological polar surface area (TPSA) is 131 Å². The summed E-state index contributed by atoms with van der Waals surface area (Å²) in [6, 6.07) is 0. The van der Waals surface area contributed by atoms with Crippen molar-refractivity contribution in [1.29, 1.82) is 0 Å². The first-order valence-corrected chi connectivity index (χ1v) is 21.1. The summed E-state index contributed by atoms with van der Waals surface area (Å²) in [5.41, 5.74) is 0. The zero-order chi connectivity index (χ0) is 36.8. The second kappa shape index (κ2) is 36.8. The van der Waals surface area contributed by atoms with Crippen LogP contribution in [0.3, 0.4) is 0 Å². The first-order chi connectivity index (χ1) is 24.3. The number of amides is 1. The van der Waals surface area contributed by atoms with Crippen LogP contribution in [0.15, 0.2) is 48.6 Å². The molecule has 0 aliphatic carbocycles. The van der Waals surface area contributed by atoms with Crippen LogP contribution in [-0.4, -0.2) is 54.3 Å². The van der Waals surface area contributed by atoms with Gasteiger partial charge in [0.1, 0.15) is 12.7 Å². The molecule has 0 aliphatic rings. The number of nitrogens with one attached hydrogen (secondary N) is 1. The molecule has 0 heterocycles. The van der Waals surface area contributed by atoms with Gasteiger partial charge < -0.3 is 20.1 Å². The van der Waals surface area contributed by atoms with E-state index in [1.54, 1.807) is 0 Å². The van der Waals surface area contributed by atoms with Crippen molar-refractivity contribution in [3.8, 4) is 0 Å². The highest BCUT2D eigenvalue weighted by Gasteiger charge is 2.23. The van der Waals surface area contributed by atoms with Crippen molar-refractivity contribution < 1.29 is 37.9 Å². The maximum Gasteiger partial charge on any atom is 0.472 e. The number of aliphatic hydroxyl groups is 1. The second-order valence-corrected chi connectivity index (χ2v) is 14.3. The summed E-state index contributed by atoms with van der Waals surface area (Å²) < 4.78 is 26.8. The van der Waals surface area contributed by atoms with Gasteiger partial charge in [-0.15, -0.1) is 0 Å². The normalized spacial score (nSPS) is 13.9. The predicted octanol–water partition coefficient (Wildman–Crippen LogP) is 10.4. The highest BCUT2D eigenvalue weighted by atomic mass is 31.2. The third-order valence-corrected chi connectivity index (χ3v) is 8.98. The predicted molar refractivity (Wildman–Crippen MR) is 206 cm³/mol. The summed E-state index contributed by atoms with van der Waals surface area (Å²) in [5, 5.41) is 12.6. The first-order valence-electron chi connectivity index (χ1n) is 19.6. The summed E-state index contributed by atoms with van der Waals surface area (Å²) in [4.78, 5) is 33.8. The van der Waals surface area contributed by atoms with Crippen LogP contribution in [0.1, 0.15) is 162 Å². The Morgan fingerprint density at radius 1 is 0.640 bits per heavy atom. The van der Waals surface area contributed by atoms with E-state index in [2.05, 4.69) is 67.8 Å². The third-order valence-electron chi connectivity index (χ3n) is 7.99. The van der Waals surface area contributed by atoms with Crippen molar-refractivity contribution in [2.24, 2.45) is 0 Å². The largest absolute Gasteiger partial charge is 0.472 e. The number of phosphoric ester groups is 1. The molecule has 0 spiro atoms. The van der Waals surface area contributed by atoms with Crippen LogP contribution in [-0.2, 0) is 27.9 Å². The molecule has 0 rings (SSSR count). The number of esters is 1. The Kier molecular flexibility index (Phi) is 35.3. The number of carbonyl (C=O) groups excluding carboxylic acids is 2. The van der Waals surface area contributed by atoms with Gasteiger partial charge in [0.15, 0.2) is 0 Å². The van der Waals surface area contributed by atoms with E-state index in [1.807, 2.05) is 0 Å². The molecule has 0 saturated carbocycles. The van der Waals surface area contributed by atoms with E-state index in [0.29, 0.717) is 6.42 Å².